The highest BCUT2D eigenvalue weighted by atomic mass is 32.2. The summed E-state index contributed by atoms with van der Waals surface area (Å²) in [6, 6.07) is 9.70. The smallest absolute Gasteiger partial charge is 0.241 e. The van der Waals surface area contributed by atoms with Crippen LogP contribution in [0.15, 0.2) is 53.4 Å². The number of carboxylic acid groups (broad SMARTS) is 1. The van der Waals surface area contributed by atoms with E-state index in [1.54, 1.807) is 12.1 Å². The molecule has 0 unspecified atom stereocenters. The van der Waals surface area contributed by atoms with E-state index in [4.69, 9.17) is 0 Å². The second kappa shape index (κ2) is 6.89. The molecule has 2 aromatic carbocycles. The zero-order chi connectivity index (χ0) is 17.0. The molecular weight excluding hydrogens is 321 g/mol. The summed E-state index contributed by atoms with van der Waals surface area (Å²) in [5.74, 6) is -2.01. The molecule has 0 bridgehead atoms. The zero-order valence-electron chi connectivity index (χ0n) is 12.3. The number of nitrogens with one attached hydrogen (secondary N) is 1. The molecule has 2 aromatic rings. The van der Waals surface area contributed by atoms with Crippen molar-refractivity contribution < 1.29 is 22.7 Å². The van der Waals surface area contributed by atoms with Gasteiger partial charge in [-0.05, 0) is 43.2 Å². The summed E-state index contributed by atoms with van der Waals surface area (Å²) in [5.41, 5.74) is 1.36. The van der Waals surface area contributed by atoms with E-state index in [-0.39, 0.29) is 11.3 Å². The van der Waals surface area contributed by atoms with Gasteiger partial charge in [-0.1, -0.05) is 29.8 Å². The lowest BCUT2D eigenvalue weighted by Gasteiger charge is -2.20. The number of hydrogen-bond donors (Lipinski definition) is 1. The van der Waals surface area contributed by atoms with E-state index in [1.165, 1.54) is 36.4 Å². The first kappa shape index (κ1) is 17.1. The number of benzene rings is 2. The molecule has 0 aliphatic heterocycles. The number of hydrogen-bond acceptors (Lipinski definition) is 4. The second-order valence-electron chi connectivity index (χ2n) is 5.14. The molecule has 0 spiro atoms. The maximum absolute atomic E-state index is 12.9. The maximum Gasteiger partial charge on any atom is 0.241 e. The molecule has 0 aromatic heterocycles. The molecule has 0 radical (unpaired) electrons. The summed E-state index contributed by atoms with van der Waals surface area (Å²) in [6.45, 7) is 1.81. The van der Waals surface area contributed by atoms with Crippen LogP contribution < -0.4 is 9.83 Å². The molecule has 0 saturated carbocycles. The van der Waals surface area contributed by atoms with Gasteiger partial charge >= 0.3 is 0 Å². The highest BCUT2D eigenvalue weighted by Crippen LogP contribution is 2.12. The van der Waals surface area contributed by atoms with Crippen molar-refractivity contribution in [2.24, 2.45) is 0 Å². The molecule has 7 heteroatoms. The summed E-state index contributed by atoms with van der Waals surface area (Å²) in [7, 11) is -3.99. The number of sulfonamides is 1. The fourth-order valence-corrected chi connectivity index (χ4v) is 3.19. The lowest BCUT2D eigenvalue weighted by atomic mass is 10.1. The van der Waals surface area contributed by atoms with E-state index in [1.807, 2.05) is 6.92 Å². The molecule has 0 amide bonds. The van der Waals surface area contributed by atoms with E-state index in [0.29, 0.717) is 5.56 Å². The Bertz CT molecular complexity index is 786. The van der Waals surface area contributed by atoms with Gasteiger partial charge in [0, 0.05) is 0 Å². The van der Waals surface area contributed by atoms with Gasteiger partial charge in [0.25, 0.3) is 0 Å². The molecule has 1 atom stereocenters. The van der Waals surface area contributed by atoms with Crippen LogP contribution in [-0.2, 0) is 21.2 Å². The average molecular weight is 336 g/mol. The van der Waals surface area contributed by atoms with Gasteiger partial charge in [0.05, 0.1) is 16.9 Å². The van der Waals surface area contributed by atoms with Gasteiger partial charge < -0.3 is 9.90 Å². The minimum Gasteiger partial charge on any atom is -0.548 e. The van der Waals surface area contributed by atoms with Crippen molar-refractivity contribution in [2.75, 3.05) is 0 Å². The van der Waals surface area contributed by atoms with Gasteiger partial charge in [0.1, 0.15) is 5.82 Å². The molecular formula is C16H15FNO4S-. The van der Waals surface area contributed by atoms with Crippen molar-refractivity contribution in [3.8, 4) is 0 Å². The molecule has 0 saturated heterocycles. The molecule has 2 rings (SSSR count). The minimum absolute atomic E-state index is 0.0338. The van der Waals surface area contributed by atoms with Crippen LogP contribution in [0.5, 0.6) is 0 Å². The minimum atomic E-state index is -3.99. The Morgan fingerprint density at radius 2 is 1.70 bits per heavy atom. The Balaban J connectivity index is 2.20. The van der Waals surface area contributed by atoms with Gasteiger partial charge in [-0.15, -0.1) is 0 Å². The highest BCUT2D eigenvalue weighted by Gasteiger charge is 2.21. The van der Waals surface area contributed by atoms with Crippen LogP contribution in [-0.4, -0.2) is 20.4 Å². The van der Waals surface area contributed by atoms with Gasteiger partial charge in [-0.2, -0.15) is 0 Å². The van der Waals surface area contributed by atoms with Crippen LogP contribution in [0.4, 0.5) is 4.39 Å². The van der Waals surface area contributed by atoms with Crippen molar-refractivity contribution in [1.29, 1.82) is 0 Å². The van der Waals surface area contributed by atoms with Crippen LogP contribution >= 0.6 is 0 Å². The molecule has 0 aliphatic rings. The Kier molecular flexibility index (Phi) is 5.12. The molecule has 122 valence electrons. The monoisotopic (exact) mass is 336 g/mol. The lowest BCUT2D eigenvalue weighted by molar-refractivity contribution is -0.307. The largest absolute Gasteiger partial charge is 0.548 e. The molecule has 0 fully saturated rings. The predicted octanol–water partition coefficient (Wildman–Crippen LogP) is 0.774. The van der Waals surface area contributed by atoms with E-state index in [9.17, 15) is 22.7 Å². The van der Waals surface area contributed by atoms with E-state index < -0.39 is 27.9 Å². The average Bonchev–Trinajstić information content (AvgIpc) is 2.49. The van der Waals surface area contributed by atoms with Gasteiger partial charge in [0.2, 0.25) is 10.0 Å². The number of carbonyl (C=O) groups is 1. The number of aliphatic carboxylic acids is 1. The maximum atomic E-state index is 12.9. The van der Waals surface area contributed by atoms with Crippen LogP contribution in [0.2, 0.25) is 0 Å². The topological polar surface area (TPSA) is 86.3 Å². The van der Waals surface area contributed by atoms with E-state index in [2.05, 4.69) is 4.72 Å². The fourth-order valence-electron chi connectivity index (χ4n) is 2.00. The quantitative estimate of drug-likeness (QED) is 0.844. The highest BCUT2D eigenvalue weighted by molar-refractivity contribution is 7.89. The Hall–Kier alpha value is -2.25. The van der Waals surface area contributed by atoms with Crippen molar-refractivity contribution in [3.63, 3.8) is 0 Å². The van der Waals surface area contributed by atoms with Crippen molar-refractivity contribution in [1.82, 2.24) is 4.72 Å². The van der Waals surface area contributed by atoms with Gasteiger partial charge in [-0.3, -0.25) is 0 Å². The Morgan fingerprint density at radius 3 is 2.22 bits per heavy atom. The molecule has 23 heavy (non-hydrogen) atoms. The lowest BCUT2D eigenvalue weighted by Crippen LogP contribution is -2.49. The number of rotatable bonds is 6. The Morgan fingerprint density at radius 1 is 1.13 bits per heavy atom. The first-order valence-electron chi connectivity index (χ1n) is 6.82. The third-order valence-corrected chi connectivity index (χ3v) is 4.75. The van der Waals surface area contributed by atoms with E-state index in [0.717, 1.165) is 5.56 Å². The first-order chi connectivity index (χ1) is 10.8. The summed E-state index contributed by atoms with van der Waals surface area (Å²) < 4.78 is 39.5. The van der Waals surface area contributed by atoms with Crippen LogP contribution in [0.3, 0.4) is 0 Å². The van der Waals surface area contributed by atoms with E-state index >= 15 is 0 Å². The van der Waals surface area contributed by atoms with Gasteiger partial charge in [0.15, 0.2) is 0 Å². The number of carboxylic acids is 1. The van der Waals surface area contributed by atoms with Crippen LogP contribution in [0.25, 0.3) is 0 Å². The van der Waals surface area contributed by atoms with Crippen LogP contribution in [0.1, 0.15) is 11.1 Å². The number of halogens is 1. The summed E-state index contributed by atoms with van der Waals surface area (Å²) in [4.78, 5) is 11.2. The summed E-state index contributed by atoms with van der Waals surface area (Å²) in [6.07, 6.45) is -0.145. The number of aryl methyl sites for hydroxylation is 1. The molecule has 1 N–H and O–H groups in total. The van der Waals surface area contributed by atoms with Crippen molar-refractivity contribution in [3.05, 3.63) is 65.5 Å². The van der Waals surface area contributed by atoms with Crippen LogP contribution in [0, 0.1) is 12.7 Å². The normalized spacial score (nSPS) is 12.8. The predicted molar refractivity (Wildman–Crippen MR) is 80.4 cm³/mol. The second-order valence-corrected chi connectivity index (χ2v) is 6.85. The summed E-state index contributed by atoms with van der Waals surface area (Å²) >= 11 is 0. The number of carbonyl (C=O) groups excluding carboxylic acids is 1. The molecule has 0 aliphatic carbocycles. The third kappa shape index (κ3) is 4.61. The van der Waals surface area contributed by atoms with Gasteiger partial charge in [-0.25, -0.2) is 17.5 Å². The fraction of sp³-hybridized carbons (Fsp3) is 0.188. The van der Waals surface area contributed by atoms with Crippen molar-refractivity contribution in [2.45, 2.75) is 24.3 Å². The Labute approximate surface area is 133 Å². The van der Waals surface area contributed by atoms with Crippen molar-refractivity contribution >= 4 is 16.0 Å². The molecule has 0 heterocycles. The first-order valence-corrected chi connectivity index (χ1v) is 8.30. The zero-order valence-corrected chi connectivity index (χ0v) is 13.1. The molecule has 5 nitrogen and oxygen atoms in total. The standard InChI is InChI=1S/C16H16FNO4S/c1-11-2-8-14(9-3-11)23(21,22)18-15(16(19)20)10-12-4-6-13(17)7-5-12/h2-9,15,18H,10H2,1H3,(H,19,20)/p-1/t15-/m1/s1. The SMILES string of the molecule is Cc1ccc(S(=O)(=O)N[C@H](Cc2ccc(F)cc2)C(=O)[O-])cc1. The third-order valence-electron chi connectivity index (χ3n) is 3.27. The summed E-state index contributed by atoms with van der Waals surface area (Å²) in [5, 5.41) is 11.2.